The molecule has 4 aliphatic carbocycles. The number of imide groups is 1. The van der Waals surface area contributed by atoms with E-state index in [-0.39, 0.29) is 60.8 Å². The molecule has 6 rings (SSSR count). The van der Waals surface area contributed by atoms with Crippen LogP contribution in [0.15, 0.2) is 36.4 Å². The van der Waals surface area contributed by atoms with Crippen molar-refractivity contribution >= 4 is 23.6 Å². The summed E-state index contributed by atoms with van der Waals surface area (Å²) in [7, 11) is 1.54. The maximum absolute atomic E-state index is 12.9. The third kappa shape index (κ3) is 2.95. The number of allylic oxidation sites excluding steroid dienone is 2. The second-order valence-corrected chi connectivity index (χ2v) is 8.55. The molecule has 2 bridgehead atoms. The van der Waals surface area contributed by atoms with Crippen LogP contribution >= 0.6 is 0 Å². The number of esters is 1. The van der Waals surface area contributed by atoms with Crippen LogP contribution < -0.4 is 4.74 Å². The number of Topliss-reactive ketones (excluding diaryl/α,β-unsaturated/α-hetero) is 1. The smallest absolute Gasteiger partial charge is 0.308 e. The minimum Gasteiger partial charge on any atom is -0.497 e. The van der Waals surface area contributed by atoms with Crippen molar-refractivity contribution in [2.75, 3.05) is 20.3 Å². The number of carbonyl (C=O) groups excluding carboxylic acids is 4. The van der Waals surface area contributed by atoms with E-state index in [1.165, 1.54) is 12.0 Å². The molecule has 3 fully saturated rings. The van der Waals surface area contributed by atoms with Crippen LogP contribution in [0.1, 0.15) is 23.2 Å². The van der Waals surface area contributed by atoms with Crippen LogP contribution in [0.25, 0.3) is 0 Å². The van der Waals surface area contributed by atoms with Gasteiger partial charge in [-0.15, -0.1) is 0 Å². The van der Waals surface area contributed by atoms with Crippen molar-refractivity contribution in [1.82, 2.24) is 4.90 Å². The van der Waals surface area contributed by atoms with E-state index < -0.39 is 5.97 Å². The van der Waals surface area contributed by atoms with E-state index in [2.05, 4.69) is 12.2 Å². The Morgan fingerprint density at radius 2 is 1.60 bits per heavy atom. The molecule has 7 nitrogen and oxygen atoms in total. The number of amides is 2. The predicted octanol–water partition coefficient (Wildman–Crippen LogP) is 1.86. The highest BCUT2D eigenvalue weighted by molar-refractivity contribution is 6.06. The molecule has 2 saturated carbocycles. The van der Waals surface area contributed by atoms with Crippen LogP contribution in [-0.2, 0) is 19.1 Å². The molecule has 1 aromatic carbocycles. The summed E-state index contributed by atoms with van der Waals surface area (Å²) >= 11 is 0. The van der Waals surface area contributed by atoms with Gasteiger partial charge in [-0.05, 0) is 54.4 Å². The number of carbonyl (C=O) groups is 4. The van der Waals surface area contributed by atoms with Gasteiger partial charge in [0.15, 0.2) is 12.4 Å². The van der Waals surface area contributed by atoms with Crippen molar-refractivity contribution in [3.8, 4) is 5.75 Å². The number of nitrogens with zero attached hydrogens (tertiary/aromatic N) is 1. The maximum atomic E-state index is 12.9. The number of ketones is 1. The minimum atomic E-state index is -0.601. The molecular weight excluding hydrogens is 386 g/mol. The average molecular weight is 409 g/mol. The maximum Gasteiger partial charge on any atom is 0.308 e. The number of hydrogen-bond donors (Lipinski definition) is 0. The van der Waals surface area contributed by atoms with Crippen molar-refractivity contribution in [2.24, 2.45) is 35.5 Å². The van der Waals surface area contributed by atoms with Gasteiger partial charge in [0.1, 0.15) is 5.75 Å². The standard InChI is InChI=1S/C23H23NO6/c1-29-13-4-2-12(3-5-13)18(25)11-30-19(26)8-9-24-22(27)20-14-6-7-15(17-10-16(14)17)21(20)23(24)28/h2-7,14-17,20-21H,8-11H2,1H3/t14-,15-,16-,17+,20+,21+/m1/s1. The lowest BCUT2D eigenvalue weighted by Gasteiger charge is -2.37. The summed E-state index contributed by atoms with van der Waals surface area (Å²) in [5.41, 5.74) is 0.416. The lowest BCUT2D eigenvalue weighted by Crippen LogP contribution is -2.40. The van der Waals surface area contributed by atoms with E-state index in [0.717, 1.165) is 6.42 Å². The van der Waals surface area contributed by atoms with Crippen molar-refractivity contribution in [1.29, 1.82) is 0 Å². The van der Waals surface area contributed by atoms with Crippen molar-refractivity contribution in [2.45, 2.75) is 12.8 Å². The summed E-state index contributed by atoms with van der Waals surface area (Å²) in [6, 6.07) is 6.52. The van der Waals surface area contributed by atoms with Gasteiger partial charge in [-0.3, -0.25) is 24.1 Å². The van der Waals surface area contributed by atoms with Gasteiger partial charge in [0, 0.05) is 12.1 Å². The quantitative estimate of drug-likeness (QED) is 0.296. The Hall–Kier alpha value is -2.96. The Kier molecular flexibility index (Phi) is 4.49. The molecule has 0 N–H and O–H groups in total. The Bertz CT molecular complexity index is 915. The molecular formula is C23H23NO6. The third-order valence-electron chi connectivity index (χ3n) is 7.07. The summed E-state index contributed by atoms with van der Waals surface area (Å²) < 4.78 is 10.1. The lowest BCUT2D eigenvalue weighted by atomic mass is 9.63. The number of rotatable bonds is 7. The Morgan fingerprint density at radius 3 is 2.17 bits per heavy atom. The molecule has 0 spiro atoms. The molecule has 0 aromatic heterocycles. The van der Waals surface area contributed by atoms with Crippen molar-refractivity contribution in [3.63, 3.8) is 0 Å². The van der Waals surface area contributed by atoms with Gasteiger partial charge in [-0.1, -0.05) is 12.2 Å². The second-order valence-electron chi connectivity index (χ2n) is 8.55. The fourth-order valence-electron chi connectivity index (χ4n) is 5.52. The fraction of sp³-hybridized carbons (Fsp3) is 0.478. The molecule has 2 amide bonds. The van der Waals surface area contributed by atoms with E-state index in [4.69, 9.17) is 9.47 Å². The normalized spacial score (nSPS) is 32.6. The van der Waals surface area contributed by atoms with E-state index in [1.807, 2.05) is 0 Å². The van der Waals surface area contributed by atoms with Gasteiger partial charge in [-0.2, -0.15) is 0 Å². The lowest BCUT2D eigenvalue weighted by molar-refractivity contribution is -0.145. The number of methoxy groups -OCH3 is 1. The third-order valence-corrected chi connectivity index (χ3v) is 7.07. The van der Waals surface area contributed by atoms with Gasteiger partial charge < -0.3 is 9.47 Å². The summed E-state index contributed by atoms with van der Waals surface area (Å²) in [5.74, 6) is 0.301. The Balaban J connectivity index is 1.14. The van der Waals surface area contributed by atoms with Gasteiger partial charge in [0.25, 0.3) is 0 Å². The Morgan fingerprint density at radius 1 is 1.00 bits per heavy atom. The molecule has 1 aromatic rings. The number of hydrogen-bond acceptors (Lipinski definition) is 6. The molecule has 1 saturated heterocycles. The number of ether oxygens (including phenoxy) is 2. The summed E-state index contributed by atoms with van der Waals surface area (Å²) in [4.78, 5) is 51.2. The summed E-state index contributed by atoms with van der Waals surface area (Å²) in [6.45, 7) is -0.370. The van der Waals surface area contributed by atoms with E-state index >= 15 is 0 Å². The van der Waals surface area contributed by atoms with E-state index in [9.17, 15) is 19.2 Å². The zero-order valence-electron chi connectivity index (χ0n) is 16.7. The Labute approximate surface area is 174 Å². The van der Waals surface area contributed by atoms with Crippen molar-refractivity contribution in [3.05, 3.63) is 42.0 Å². The van der Waals surface area contributed by atoms with E-state index in [0.29, 0.717) is 23.1 Å². The SMILES string of the molecule is COc1ccc(C(=O)COC(=O)CCN2C(=O)[C@H]3[C@@H]4C=C[C@H]([C@@H]5C[C@H]45)[C@@H]3C2=O)cc1. The zero-order valence-corrected chi connectivity index (χ0v) is 16.7. The van der Waals surface area contributed by atoms with E-state index in [1.54, 1.807) is 24.3 Å². The molecule has 1 heterocycles. The first-order chi connectivity index (χ1) is 14.5. The number of benzene rings is 1. The molecule has 1 aliphatic heterocycles. The van der Waals surface area contributed by atoms with Gasteiger partial charge in [-0.25, -0.2) is 0 Å². The van der Waals surface area contributed by atoms with Crippen LogP contribution in [0.2, 0.25) is 0 Å². The first-order valence-corrected chi connectivity index (χ1v) is 10.4. The first kappa shape index (κ1) is 19.0. The zero-order chi connectivity index (χ0) is 21.0. The fourth-order valence-corrected chi connectivity index (χ4v) is 5.52. The largest absolute Gasteiger partial charge is 0.497 e. The van der Waals surface area contributed by atoms with Crippen LogP contribution in [0, 0.1) is 35.5 Å². The average Bonchev–Trinajstić information content (AvgIpc) is 3.55. The van der Waals surface area contributed by atoms with Crippen molar-refractivity contribution < 1.29 is 28.7 Å². The second kappa shape index (κ2) is 7.07. The molecule has 156 valence electrons. The monoisotopic (exact) mass is 409 g/mol. The van der Waals surface area contributed by atoms with Crippen LogP contribution in [0.5, 0.6) is 5.75 Å². The molecule has 5 aliphatic rings. The molecule has 0 radical (unpaired) electrons. The highest BCUT2D eigenvalue weighted by Gasteiger charge is 2.66. The minimum absolute atomic E-state index is 0.00893. The number of likely N-dealkylation sites (tertiary alicyclic amines) is 1. The topological polar surface area (TPSA) is 90.0 Å². The molecule has 6 atom stereocenters. The van der Waals surface area contributed by atoms with Gasteiger partial charge in [0.05, 0.1) is 25.4 Å². The molecule has 30 heavy (non-hydrogen) atoms. The highest BCUT2D eigenvalue weighted by atomic mass is 16.5. The van der Waals surface area contributed by atoms with Gasteiger partial charge in [0.2, 0.25) is 11.8 Å². The predicted molar refractivity (Wildman–Crippen MR) is 104 cm³/mol. The summed E-state index contributed by atoms with van der Waals surface area (Å²) in [5, 5.41) is 0. The van der Waals surface area contributed by atoms with Crippen LogP contribution in [-0.4, -0.2) is 48.7 Å². The highest BCUT2D eigenvalue weighted by Crippen LogP contribution is 2.65. The first-order valence-electron chi connectivity index (χ1n) is 10.4. The molecule has 7 heteroatoms. The summed E-state index contributed by atoms with van der Waals surface area (Å²) in [6.07, 6.45) is 5.24. The molecule has 0 unspecified atom stereocenters. The van der Waals surface area contributed by atoms with Gasteiger partial charge >= 0.3 is 5.97 Å². The van der Waals surface area contributed by atoms with Crippen LogP contribution in [0.3, 0.4) is 0 Å². The van der Waals surface area contributed by atoms with Crippen LogP contribution in [0.4, 0.5) is 0 Å².